The van der Waals surface area contributed by atoms with Crippen molar-refractivity contribution in [1.82, 2.24) is 15.4 Å². The van der Waals surface area contributed by atoms with E-state index in [4.69, 9.17) is 5.84 Å². The van der Waals surface area contributed by atoms with E-state index in [1.807, 2.05) is 12.1 Å². The summed E-state index contributed by atoms with van der Waals surface area (Å²) < 4.78 is 0. The van der Waals surface area contributed by atoms with Crippen molar-refractivity contribution < 1.29 is 0 Å². The summed E-state index contributed by atoms with van der Waals surface area (Å²) in [6, 6.07) is 6.14. The third-order valence-corrected chi connectivity index (χ3v) is 2.81. The number of nitrogens with zero attached hydrogens (tertiary/aromatic N) is 2. The topological polar surface area (TPSA) is 63.8 Å². The molecule has 4 heteroatoms. The number of hydrogen-bond donors (Lipinski definition) is 2. The van der Waals surface area contributed by atoms with Gasteiger partial charge in [0.15, 0.2) is 0 Å². The highest BCUT2D eigenvalue weighted by molar-refractivity contribution is 5.78. The molecule has 1 unspecified atom stereocenters. The lowest BCUT2D eigenvalue weighted by atomic mass is 9.96. The third-order valence-electron chi connectivity index (χ3n) is 2.81. The van der Waals surface area contributed by atoms with Crippen LogP contribution in [-0.4, -0.2) is 9.97 Å². The molecule has 0 aliphatic carbocycles. The number of fused-ring (bicyclic) bond motifs is 1. The van der Waals surface area contributed by atoms with E-state index >= 15 is 0 Å². The van der Waals surface area contributed by atoms with Crippen molar-refractivity contribution in [3.05, 3.63) is 36.2 Å². The number of nitrogens with two attached hydrogens (primary N) is 1. The number of hydrogen-bond acceptors (Lipinski definition) is 4. The molecule has 1 aromatic carbocycles. The average molecular weight is 230 g/mol. The van der Waals surface area contributed by atoms with Gasteiger partial charge in [-0.05, 0) is 24.0 Å². The monoisotopic (exact) mass is 230 g/mol. The molecule has 2 aromatic rings. The summed E-state index contributed by atoms with van der Waals surface area (Å²) >= 11 is 0. The average Bonchev–Trinajstić information content (AvgIpc) is 2.35. The van der Waals surface area contributed by atoms with Gasteiger partial charge in [-0.1, -0.05) is 26.0 Å². The molecule has 3 N–H and O–H groups in total. The Bertz CT molecular complexity index is 490. The zero-order valence-corrected chi connectivity index (χ0v) is 10.2. The largest absolute Gasteiger partial charge is 0.271 e. The Kier molecular flexibility index (Phi) is 3.66. The van der Waals surface area contributed by atoms with Crippen LogP contribution in [0.5, 0.6) is 0 Å². The molecule has 0 bridgehead atoms. The second-order valence-corrected chi connectivity index (χ2v) is 4.62. The Morgan fingerprint density at radius 2 is 2.00 bits per heavy atom. The van der Waals surface area contributed by atoms with E-state index in [1.165, 1.54) is 0 Å². The van der Waals surface area contributed by atoms with Crippen molar-refractivity contribution in [2.45, 2.75) is 26.3 Å². The lowest BCUT2D eigenvalue weighted by Crippen LogP contribution is -2.29. The van der Waals surface area contributed by atoms with Gasteiger partial charge in [-0.2, -0.15) is 0 Å². The summed E-state index contributed by atoms with van der Waals surface area (Å²) in [5.74, 6) is 6.22. The maximum atomic E-state index is 5.65. The van der Waals surface area contributed by atoms with Crippen LogP contribution in [0.2, 0.25) is 0 Å². The molecule has 0 aliphatic rings. The van der Waals surface area contributed by atoms with Crippen molar-refractivity contribution in [2.24, 2.45) is 11.8 Å². The van der Waals surface area contributed by atoms with Gasteiger partial charge in [0.1, 0.15) is 0 Å². The van der Waals surface area contributed by atoms with Gasteiger partial charge in [0.25, 0.3) is 0 Å². The van der Waals surface area contributed by atoms with E-state index in [0.29, 0.717) is 5.92 Å². The van der Waals surface area contributed by atoms with Crippen LogP contribution >= 0.6 is 0 Å². The maximum Gasteiger partial charge on any atom is 0.0935 e. The summed E-state index contributed by atoms with van der Waals surface area (Å²) in [5.41, 5.74) is 5.83. The summed E-state index contributed by atoms with van der Waals surface area (Å²) in [5, 5.41) is 0. The van der Waals surface area contributed by atoms with E-state index in [9.17, 15) is 0 Å². The number of aromatic nitrogens is 2. The molecule has 0 saturated carbocycles. The lowest BCUT2D eigenvalue weighted by Gasteiger charge is -2.19. The Morgan fingerprint density at radius 3 is 2.71 bits per heavy atom. The molecule has 2 rings (SSSR count). The zero-order chi connectivity index (χ0) is 12.3. The summed E-state index contributed by atoms with van der Waals surface area (Å²) in [4.78, 5) is 8.71. The molecule has 0 spiro atoms. The van der Waals surface area contributed by atoms with Crippen LogP contribution in [0.1, 0.15) is 31.9 Å². The van der Waals surface area contributed by atoms with Crippen LogP contribution in [0.4, 0.5) is 0 Å². The van der Waals surface area contributed by atoms with Gasteiger partial charge in [-0.15, -0.1) is 0 Å². The molecule has 1 atom stereocenters. The molecular weight excluding hydrogens is 212 g/mol. The van der Waals surface area contributed by atoms with Gasteiger partial charge in [0.05, 0.1) is 11.0 Å². The van der Waals surface area contributed by atoms with Crippen molar-refractivity contribution in [3.8, 4) is 0 Å². The Labute approximate surface area is 101 Å². The highest BCUT2D eigenvalue weighted by atomic mass is 15.2. The SMILES string of the molecule is CC(C)CC(NN)c1cccc2nccnc12. The smallest absolute Gasteiger partial charge is 0.0935 e. The van der Waals surface area contributed by atoms with E-state index in [-0.39, 0.29) is 6.04 Å². The van der Waals surface area contributed by atoms with Crippen LogP contribution in [0.3, 0.4) is 0 Å². The molecule has 0 radical (unpaired) electrons. The minimum absolute atomic E-state index is 0.121. The maximum absolute atomic E-state index is 5.65. The Hall–Kier alpha value is -1.52. The van der Waals surface area contributed by atoms with Crippen LogP contribution < -0.4 is 11.3 Å². The quantitative estimate of drug-likeness (QED) is 0.624. The second-order valence-electron chi connectivity index (χ2n) is 4.62. The Morgan fingerprint density at radius 1 is 1.24 bits per heavy atom. The van der Waals surface area contributed by atoms with Crippen molar-refractivity contribution in [3.63, 3.8) is 0 Å². The molecular formula is C13H18N4. The second kappa shape index (κ2) is 5.21. The molecule has 1 aromatic heterocycles. The van der Waals surface area contributed by atoms with Crippen LogP contribution in [0.15, 0.2) is 30.6 Å². The fourth-order valence-electron chi connectivity index (χ4n) is 2.05. The molecule has 0 fully saturated rings. The molecule has 90 valence electrons. The first-order chi connectivity index (χ1) is 8.22. The minimum atomic E-state index is 0.121. The predicted molar refractivity (Wildman–Crippen MR) is 69.1 cm³/mol. The van der Waals surface area contributed by atoms with E-state index < -0.39 is 0 Å². The number of para-hydroxylation sites is 1. The van der Waals surface area contributed by atoms with E-state index in [1.54, 1.807) is 12.4 Å². The van der Waals surface area contributed by atoms with Crippen molar-refractivity contribution in [2.75, 3.05) is 0 Å². The highest BCUT2D eigenvalue weighted by Crippen LogP contribution is 2.25. The van der Waals surface area contributed by atoms with Gasteiger partial charge in [-0.25, -0.2) is 0 Å². The Balaban J connectivity index is 2.46. The van der Waals surface area contributed by atoms with Gasteiger partial charge >= 0.3 is 0 Å². The van der Waals surface area contributed by atoms with E-state index in [0.717, 1.165) is 23.0 Å². The first-order valence-electron chi connectivity index (χ1n) is 5.88. The molecule has 0 saturated heterocycles. The van der Waals surface area contributed by atoms with E-state index in [2.05, 4.69) is 35.3 Å². The normalized spacial score (nSPS) is 13.2. The van der Waals surface area contributed by atoms with Crippen LogP contribution in [0.25, 0.3) is 11.0 Å². The standard InChI is InChI=1S/C13H18N4/c1-9(2)8-12(17-14)10-4-3-5-11-13(10)16-7-6-15-11/h3-7,9,12,17H,8,14H2,1-2H3. The zero-order valence-electron chi connectivity index (χ0n) is 10.2. The van der Waals surface area contributed by atoms with Crippen LogP contribution in [0, 0.1) is 5.92 Å². The fourth-order valence-corrected chi connectivity index (χ4v) is 2.05. The first-order valence-corrected chi connectivity index (χ1v) is 5.88. The molecule has 0 aliphatic heterocycles. The highest BCUT2D eigenvalue weighted by Gasteiger charge is 2.15. The van der Waals surface area contributed by atoms with Gasteiger partial charge < -0.3 is 0 Å². The number of benzene rings is 1. The lowest BCUT2D eigenvalue weighted by molar-refractivity contribution is 0.440. The minimum Gasteiger partial charge on any atom is -0.271 e. The molecule has 0 amide bonds. The fraction of sp³-hybridized carbons (Fsp3) is 0.385. The number of nitrogens with one attached hydrogen (secondary N) is 1. The number of hydrazine groups is 1. The summed E-state index contributed by atoms with van der Waals surface area (Å²) in [6.07, 6.45) is 4.40. The van der Waals surface area contributed by atoms with Crippen molar-refractivity contribution >= 4 is 11.0 Å². The molecule has 17 heavy (non-hydrogen) atoms. The number of rotatable bonds is 4. The molecule has 4 nitrogen and oxygen atoms in total. The third kappa shape index (κ3) is 2.60. The van der Waals surface area contributed by atoms with Crippen molar-refractivity contribution in [1.29, 1.82) is 0 Å². The molecule has 1 heterocycles. The predicted octanol–water partition coefficient (Wildman–Crippen LogP) is 2.18. The van der Waals surface area contributed by atoms with Gasteiger partial charge in [0, 0.05) is 18.4 Å². The van der Waals surface area contributed by atoms with Crippen LogP contribution in [-0.2, 0) is 0 Å². The van der Waals surface area contributed by atoms with Gasteiger partial charge in [0.2, 0.25) is 0 Å². The first kappa shape index (κ1) is 12.0. The van der Waals surface area contributed by atoms with Gasteiger partial charge in [-0.3, -0.25) is 21.2 Å². The summed E-state index contributed by atoms with van der Waals surface area (Å²) in [7, 11) is 0. The summed E-state index contributed by atoms with van der Waals surface area (Å²) in [6.45, 7) is 4.36.